The van der Waals surface area contributed by atoms with Gasteiger partial charge in [-0.25, -0.2) is 8.42 Å². The van der Waals surface area contributed by atoms with Crippen LogP contribution in [0.25, 0.3) is 0 Å². The van der Waals surface area contributed by atoms with Gasteiger partial charge in [-0.15, -0.1) is 0 Å². The van der Waals surface area contributed by atoms with E-state index in [2.05, 4.69) is 0 Å². The van der Waals surface area contributed by atoms with E-state index >= 15 is 0 Å². The normalized spacial score (nSPS) is 15.1. The summed E-state index contributed by atoms with van der Waals surface area (Å²) in [6, 6.07) is 0. The molecule has 0 rings (SSSR count). The van der Waals surface area contributed by atoms with Crippen LogP contribution in [0.3, 0.4) is 0 Å². The second kappa shape index (κ2) is 3.87. The van der Waals surface area contributed by atoms with E-state index < -0.39 is 15.4 Å². The Hall–Kier alpha value is -0.170. The molecule has 1 atom stereocenters. The Morgan fingerprint density at radius 1 is 1.60 bits per heavy atom. The molecule has 0 fully saturated rings. The molecule has 0 bridgehead atoms. The molecule has 0 aliphatic rings. The van der Waals surface area contributed by atoms with Crippen molar-refractivity contribution in [1.82, 2.24) is 0 Å². The van der Waals surface area contributed by atoms with Crippen molar-refractivity contribution in [2.75, 3.05) is 13.2 Å². The number of aliphatic hydroxyl groups excluding tert-OH is 1. The van der Waals surface area contributed by atoms with Crippen molar-refractivity contribution >= 4 is 10.1 Å². The second-order valence-corrected chi connectivity index (χ2v) is 3.52. The van der Waals surface area contributed by atoms with Crippen LogP contribution in [0.2, 0.25) is 0 Å². The highest BCUT2D eigenvalue weighted by Crippen LogP contribution is 2.00. The van der Waals surface area contributed by atoms with E-state index in [4.69, 9.17) is 10.8 Å². The summed E-state index contributed by atoms with van der Waals surface area (Å²) in [5.74, 6) is 0. The lowest BCUT2D eigenvalue weighted by atomic mass is 10.3. The van der Waals surface area contributed by atoms with Gasteiger partial charge >= 0.3 is 0 Å². The van der Waals surface area contributed by atoms with Crippen LogP contribution in [0.15, 0.2) is 0 Å². The molecule has 0 aromatic heterocycles. The van der Waals surface area contributed by atoms with Crippen LogP contribution in [0.1, 0.15) is 6.42 Å². The molecule has 10 heavy (non-hydrogen) atoms. The summed E-state index contributed by atoms with van der Waals surface area (Å²) < 4.78 is 30.6. The fourth-order valence-electron chi connectivity index (χ4n) is 0.524. The molecule has 0 aliphatic heterocycles. The maximum atomic E-state index is 10.2. The predicted molar refractivity (Wildman–Crippen MR) is 34.2 cm³/mol. The molecule has 5 nitrogen and oxygen atoms in total. The molecule has 0 aromatic rings. The molecule has 3 N–H and O–H groups in total. The SMILES string of the molecule is NCC(CCO)S(=O)(=O)[O-]. The van der Waals surface area contributed by atoms with Gasteiger partial charge in [-0.3, -0.25) is 0 Å². The van der Waals surface area contributed by atoms with Crippen molar-refractivity contribution in [3.05, 3.63) is 0 Å². The van der Waals surface area contributed by atoms with Crippen LogP contribution in [-0.2, 0) is 10.1 Å². The van der Waals surface area contributed by atoms with Crippen LogP contribution < -0.4 is 5.73 Å². The summed E-state index contributed by atoms with van der Waals surface area (Å²) >= 11 is 0. The Morgan fingerprint density at radius 2 is 2.10 bits per heavy atom. The third-order valence-electron chi connectivity index (χ3n) is 1.12. The fraction of sp³-hybridized carbons (Fsp3) is 1.00. The van der Waals surface area contributed by atoms with Crippen molar-refractivity contribution in [3.8, 4) is 0 Å². The number of hydrogen-bond donors (Lipinski definition) is 2. The van der Waals surface area contributed by atoms with Gasteiger partial charge in [0.1, 0.15) is 0 Å². The number of hydrogen-bond acceptors (Lipinski definition) is 5. The second-order valence-electron chi connectivity index (χ2n) is 1.86. The average molecular weight is 168 g/mol. The lowest BCUT2D eigenvalue weighted by Crippen LogP contribution is -2.30. The quantitative estimate of drug-likeness (QED) is 0.484. The summed E-state index contributed by atoms with van der Waals surface area (Å²) in [7, 11) is -4.31. The van der Waals surface area contributed by atoms with Gasteiger partial charge < -0.3 is 15.4 Å². The van der Waals surface area contributed by atoms with Crippen molar-refractivity contribution in [2.24, 2.45) is 5.73 Å². The molecule has 0 heterocycles. The van der Waals surface area contributed by atoms with Crippen molar-refractivity contribution in [2.45, 2.75) is 11.7 Å². The van der Waals surface area contributed by atoms with Crippen LogP contribution in [0, 0.1) is 0 Å². The molecule has 0 saturated carbocycles. The first-order valence-electron chi connectivity index (χ1n) is 2.78. The molecular weight excluding hydrogens is 158 g/mol. The van der Waals surface area contributed by atoms with Gasteiger partial charge in [-0.05, 0) is 6.42 Å². The van der Waals surface area contributed by atoms with E-state index in [1.165, 1.54) is 0 Å². The van der Waals surface area contributed by atoms with Gasteiger partial charge in [0, 0.05) is 13.2 Å². The van der Waals surface area contributed by atoms with E-state index in [9.17, 15) is 13.0 Å². The topological polar surface area (TPSA) is 103 Å². The van der Waals surface area contributed by atoms with Crippen LogP contribution >= 0.6 is 0 Å². The summed E-state index contributed by atoms with van der Waals surface area (Å²) in [6.07, 6.45) is -0.0810. The zero-order valence-corrected chi connectivity index (χ0v) is 6.17. The Balaban J connectivity index is 4.08. The average Bonchev–Trinajstić information content (AvgIpc) is 1.80. The van der Waals surface area contributed by atoms with Gasteiger partial charge in [0.15, 0.2) is 0 Å². The molecule has 0 amide bonds. The molecule has 0 aromatic carbocycles. The minimum absolute atomic E-state index is 0.0810. The van der Waals surface area contributed by atoms with Gasteiger partial charge in [-0.1, -0.05) is 0 Å². The van der Waals surface area contributed by atoms with Gasteiger partial charge in [0.05, 0.1) is 15.4 Å². The molecule has 0 radical (unpaired) electrons. The summed E-state index contributed by atoms with van der Waals surface area (Å²) in [5.41, 5.74) is 4.95. The Kier molecular flexibility index (Phi) is 3.80. The minimum Gasteiger partial charge on any atom is -0.748 e. The predicted octanol–water partition coefficient (Wildman–Crippen LogP) is -1.76. The third-order valence-corrected chi connectivity index (χ3v) is 2.37. The molecule has 0 spiro atoms. The first-order chi connectivity index (χ1) is 4.52. The van der Waals surface area contributed by atoms with Gasteiger partial charge in [0.25, 0.3) is 0 Å². The Labute approximate surface area is 59.6 Å². The van der Waals surface area contributed by atoms with E-state index in [1.807, 2.05) is 0 Å². The van der Waals surface area contributed by atoms with Crippen LogP contribution in [-0.4, -0.2) is 36.5 Å². The smallest absolute Gasteiger partial charge is 0.0988 e. The zero-order valence-electron chi connectivity index (χ0n) is 5.36. The van der Waals surface area contributed by atoms with Crippen LogP contribution in [0.5, 0.6) is 0 Å². The Morgan fingerprint density at radius 3 is 2.20 bits per heavy atom. The standard InChI is InChI=1S/C4H11NO4S/c5-3-4(1-2-6)10(7,8)9/h4,6H,1-3,5H2,(H,7,8,9)/p-1. The lowest BCUT2D eigenvalue weighted by molar-refractivity contribution is 0.282. The lowest BCUT2D eigenvalue weighted by Gasteiger charge is -2.16. The van der Waals surface area contributed by atoms with Gasteiger partial charge in [-0.2, -0.15) is 0 Å². The fourth-order valence-corrected chi connectivity index (χ4v) is 1.15. The molecule has 1 unspecified atom stereocenters. The monoisotopic (exact) mass is 168 g/mol. The first-order valence-corrected chi connectivity index (χ1v) is 4.25. The first kappa shape index (κ1) is 9.83. The van der Waals surface area contributed by atoms with E-state index in [0.717, 1.165) is 0 Å². The number of aliphatic hydroxyl groups is 1. The largest absolute Gasteiger partial charge is 0.748 e. The molecule has 6 heteroatoms. The highest BCUT2D eigenvalue weighted by Gasteiger charge is 2.12. The molecule has 0 saturated heterocycles. The number of rotatable bonds is 4. The van der Waals surface area contributed by atoms with Crippen LogP contribution in [0.4, 0.5) is 0 Å². The zero-order chi connectivity index (χ0) is 8.20. The maximum absolute atomic E-state index is 10.2. The minimum atomic E-state index is -4.31. The van der Waals surface area contributed by atoms with E-state index in [1.54, 1.807) is 0 Å². The van der Waals surface area contributed by atoms with Gasteiger partial charge in [0.2, 0.25) is 0 Å². The maximum Gasteiger partial charge on any atom is 0.0988 e. The summed E-state index contributed by atoms with van der Waals surface area (Å²) in [4.78, 5) is 0. The van der Waals surface area contributed by atoms with Crippen molar-refractivity contribution in [1.29, 1.82) is 0 Å². The summed E-state index contributed by atoms with van der Waals surface area (Å²) in [5, 5.41) is 7.13. The highest BCUT2D eigenvalue weighted by atomic mass is 32.2. The van der Waals surface area contributed by atoms with Crippen molar-refractivity contribution in [3.63, 3.8) is 0 Å². The van der Waals surface area contributed by atoms with Crippen molar-refractivity contribution < 1.29 is 18.1 Å². The van der Waals surface area contributed by atoms with E-state index in [0.29, 0.717) is 0 Å². The molecule has 0 aliphatic carbocycles. The Bertz CT molecular complexity index is 176. The summed E-state index contributed by atoms with van der Waals surface area (Å²) in [6.45, 7) is -0.560. The third kappa shape index (κ3) is 3.11. The highest BCUT2D eigenvalue weighted by molar-refractivity contribution is 7.86. The molecular formula is C4H10NO4S-. The number of nitrogens with two attached hydrogens (primary N) is 1. The molecule has 62 valence electrons. The van der Waals surface area contributed by atoms with E-state index in [-0.39, 0.29) is 19.6 Å².